The van der Waals surface area contributed by atoms with Gasteiger partial charge in [-0.3, -0.25) is 0 Å². The lowest BCUT2D eigenvalue weighted by Gasteiger charge is -2.38. The first kappa shape index (κ1) is 24.1. The number of aromatic nitrogens is 2. The topological polar surface area (TPSA) is 67.5 Å². The number of pyridine rings is 1. The van der Waals surface area contributed by atoms with Gasteiger partial charge in [-0.1, -0.05) is 35.3 Å². The molecule has 3 heterocycles. The first-order valence-corrected chi connectivity index (χ1v) is 12.4. The first-order valence-electron chi connectivity index (χ1n) is 11.6. The van der Waals surface area contributed by atoms with Crippen LogP contribution in [0.5, 0.6) is 5.75 Å². The molecule has 1 aliphatic heterocycles. The monoisotopic (exact) mass is 475 g/mol. The number of hydrogen-bond donors (Lipinski definition) is 1. The first-order chi connectivity index (χ1) is 16.2. The molecule has 1 aliphatic rings. The molecule has 0 radical (unpaired) electrons. The molecule has 3 aromatic rings. The smallest absolute Gasteiger partial charge is 0.186 e. The molecule has 2 N–H and O–H groups in total. The van der Waals surface area contributed by atoms with Gasteiger partial charge in [0, 0.05) is 54.6 Å². The van der Waals surface area contributed by atoms with E-state index in [0.717, 1.165) is 46.3 Å². The van der Waals surface area contributed by atoms with Crippen molar-refractivity contribution in [2.24, 2.45) is 5.41 Å². The maximum Gasteiger partial charge on any atom is 0.186 e. The predicted octanol–water partition coefficient (Wildman–Crippen LogP) is 4.90. The Hall–Kier alpha value is -3.08. The Kier molecular flexibility index (Phi) is 7.11. The molecule has 2 aromatic heterocycles. The van der Waals surface area contributed by atoms with Gasteiger partial charge < -0.3 is 20.3 Å². The number of nitrogens with zero attached hydrogens (tertiary/aromatic N) is 4. The molecular formula is C27H33N5OS. The Labute approximate surface area is 206 Å². The Morgan fingerprint density at radius 1 is 1.18 bits per heavy atom. The zero-order chi connectivity index (χ0) is 24.3. The summed E-state index contributed by atoms with van der Waals surface area (Å²) in [6, 6.07) is 10.5. The normalized spacial score (nSPS) is 16.7. The molecule has 178 valence electrons. The molecular weight excluding hydrogens is 442 g/mol. The zero-order valence-corrected chi connectivity index (χ0v) is 21.4. The highest BCUT2D eigenvalue weighted by atomic mass is 32.1. The fourth-order valence-electron chi connectivity index (χ4n) is 3.82. The van der Waals surface area contributed by atoms with Crippen molar-refractivity contribution in [1.82, 2.24) is 14.9 Å². The molecule has 0 amide bonds. The fourth-order valence-corrected chi connectivity index (χ4v) is 4.85. The van der Waals surface area contributed by atoms with Crippen molar-refractivity contribution in [2.45, 2.75) is 40.3 Å². The third-order valence-electron chi connectivity index (χ3n) is 5.64. The zero-order valence-electron chi connectivity index (χ0n) is 20.6. The average molecular weight is 476 g/mol. The van der Waals surface area contributed by atoms with Crippen LogP contribution in [-0.4, -0.2) is 47.6 Å². The van der Waals surface area contributed by atoms with E-state index in [1.165, 1.54) is 0 Å². The van der Waals surface area contributed by atoms with Crippen molar-refractivity contribution in [2.75, 3.05) is 37.3 Å². The minimum absolute atomic E-state index is 0.0357. The van der Waals surface area contributed by atoms with E-state index < -0.39 is 0 Å². The third kappa shape index (κ3) is 6.07. The van der Waals surface area contributed by atoms with Crippen molar-refractivity contribution in [3.8, 4) is 28.0 Å². The lowest BCUT2D eigenvalue weighted by atomic mass is 9.97. The summed E-state index contributed by atoms with van der Waals surface area (Å²) in [5.74, 6) is 7.47. The molecule has 1 saturated heterocycles. The fraction of sp³-hybridized carbons (Fsp3) is 0.407. The second-order valence-corrected chi connectivity index (χ2v) is 10.9. The summed E-state index contributed by atoms with van der Waals surface area (Å²) in [4.78, 5) is 14.9. The van der Waals surface area contributed by atoms with E-state index in [-0.39, 0.29) is 5.41 Å². The van der Waals surface area contributed by atoms with Gasteiger partial charge in [-0.25, -0.2) is 9.97 Å². The van der Waals surface area contributed by atoms with Gasteiger partial charge in [0.15, 0.2) is 16.7 Å². The molecule has 34 heavy (non-hydrogen) atoms. The van der Waals surface area contributed by atoms with Crippen LogP contribution in [-0.2, 0) is 6.61 Å². The largest absolute Gasteiger partial charge is 0.485 e. The lowest BCUT2D eigenvalue weighted by molar-refractivity contribution is 0.275. The molecule has 1 atom stereocenters. The van der Waals surface area contributed by atoms with Crippen LogP contribution in [0.3, 0.4) is 0 Å². The quantitative estimate of drug-likeness (QED) is 0.529. The van der Waals surface area contributed by atoms with E-state index in [2.05, 4.69) is 67.4 Å². The molecule has 0 aliphatic carbocycles. The predicted molar refractivity (Wildman–Crippen MR) is 141 cm³/mol. The van der Waals surface area contributed by atoms with E-state index in [0.29, 0.717) is 24.2 Å². The highest BCUT2D eigenvalue weighted by Crippen LogP contribution is 2.35. The summed E-state index contributed by atoms with van der Waals surface area (Å²) in [6.45, 7) is 12.0. The van der Waals surface area contributed by atoms with Crippen LogP contribution in [0.15, 0.2) is 42.7 Å². The Balaban J connectivity index is 1.47. The van der Waals surface area contributed by atoms with Gasteiger partial charge in [0.05, 0.1) is 4.88 Å². The van der Waals surface area contributed by atoms with Gasteiger partial charge in [0.1, 0.15) is 6.61 Å². The summed E-state index contributed by atoms with van der Waals surface area (Å²) in [7, 11) is 2.16. The molecule has 0 spiro atoms. The Morgan fingerprint density at radius 2 is 2.00 bits per heavy atom. The number of anilines is 2. The van der Waals surface area contributed by atoms with E-state index in [1.54, 1.807) is 17.5 Å². The van der Waals surface area contributed by atoms with Gasteiger partial charge in [-0.2, -0.15) is 0 Å². The second kappa shape index (κ2) is 10.0. The maximum atomic E-state index is 6.13. The maximum absolute atomic E-state index is 6.13. The number of rotatable bonds is 5. The van der Waals surface area contributed by atoms with Crippen molar-refractivity contribution in [1.29, 1.82) is 0 Å². The molecule has 7 heteroatoms. The summed E-state index contributed by atoms with van der Waals surface area (Å²) < 4.78 is 6.07. The van der Waals surface area contributed by atoms with Crippen molar-refractivity contribution in [3.05, 3.63) is 53.9 Å². The molecule has 0 bridgehead atoms. The number of likely N-dealkylation sites (N-methyl/N-ethyl adjacent to an activating group) is 1. The average Bonchev–Trinajstić information content (AvgIpc) is 3.27. The van der Waals surface area contributed by atoms with Crippen LogP contribution in [0, 0.1) is 17.3 Å². The Morgan fingerprint density at radius 3 is 2.76 bits per heavy atom. The number of hydrogen-bond acceptors (Lipinski definition) is 7. The number of nitrogens with two attached hydrogens (primary N) is 1. The summed E-state index contributed by atoms with van der Waals surface area (Å²) in [5.41, 5.74) is 9.06. The number of ether oxygens (including phenoxy) is 1. The molecule has 4 rings (SSSR count). The Bertz CT molecular complexity index is 1200. The highest BCUT2D eigenvalue weighted by Gasteiger charge is 2.24. The van der Waals surface area contributed by atoms with Gasteiger partial charge >= 0.3 is 0 Å². The van der Waals surface area contributed by atoms with Gasteiger partial charge in [-0.05, 0) is 58.5 Å². The van der Waals surface area contributed by atoms with Crippen LogP contribution in [0.25, 0.3) is 10.4 Å². The number of nitrogen functional groups attached to an aromatic ring is 1. The second-order valence-electron chi connectivity index (χ2n) is 9.91. The summed E-state index contributed by atoms with van der Waals surface area (Å²) in [6.07, 6.45) is 3.70. The van der Waals surface area contributed by atoms with Gasteiger partial charge in [0.2, 0.25) is 0 Å². The van der Waals surface area contributed by atoms with Crippen LogP contribution in [0.1, 0.15) is 38.8 Å². The number of piperazine rings is 1. The van der Waals surface area contributed by atoms with E-state index in [1.807, 2.05) is 30.5 Å². The minimum Gasteiger partial charge on any atom is -0.485 e. The van der Waals surface area contributed by atoms with E-state index in [9.17, 15) is 0 Å². The summed E-state index contributed by atoms with van der Waals surface area (Å²) >= 11 is 1.68. The lowest BCUT2D eigenvalue weighted by Crippen LogP contribution is -2.50. The number of benzene rings is 1. The van der Waals surface area contributed by atoms with Crippen LogP contribution in [0.2, 0.25) is 0 Å². The molecule has 1 unspecified atom stereocenters. The van der Waals surface area contributed by atoms with Crippen LogP contribution >= 0.6 is 11.3 Å². The standard InChI is InChI=1S/C27H33N5OS/c1-19-17-31(5)11-12-32(19)26-30-16-24(34-26)22-14-23(25(28)29-15-22)33-18-21-8-6-7-20(13-21)9-10-27(2,3)4/h6-8,13-16,19H,11-12,17-18H2,1-5H3,(H2,28,29). The molecule has 1 fully saturated rings. The van der Waals surface area contributed by atoms with Crippen LogP contribution in [0.4, 0.5) is 10.9 Å². The minimum atomic E-state index is -0.0357. The van der Waals surface area contributed by atoms with Crippen molar-refractivity contribution < 1.29 is 4.74 Å². The number of thiazole rings is 1. The highest BCUT2D eigenvalue weighted by molar-refractivity contribution is 7.18. The summed E-state index contributed by atoms with van der Waals surface area (Å²) in [5, 5.41) is 1.04. The van der Waals surface area contributed by atoms with Crippen molar-refractivity contribution in [3.63, 3.8) is 0 Å². The van der Waals surface area contributed by atoms with E-state index >= 15 is 0 Å². The van der Waals surface area contributed by atoms with Gasteiger partial charge in [-0.15, -0.1) is 0 Å². The van der Waals surface area contributed by atoms with E-state index in [4.69, 9.17) is 15.5 Å². The SMILES string of the molecule is CC1CN(C)CCN1c1ncc(-c2cnc(N)c(OCc3cccc(C#CC(C)(C)C)c3)c2)s1. The molecule has 0 saturated carbocycles. The van der Waals surface area contributed by atoms with Gasteiger partial charge in [0.25, 0.3) is 0 Å². The van der Waals surface area contributed by atoms with Crippen LogP contribution < -0.4 is 15.4 Å². The third-order valence-corrected chi connectivity index (χ3v) is 6.72. The van der Waals surface area contributed by atoms with Crippen molar-refractivity contribution >= 4 is 22.3 Å². The molecule has 1 aromatic carbocycles. The molecule has 6 nitrogen and oxygen atoms in total.